The molecule has 5 rings (SSSR count). The van der Waals surface area contributed by atoms with Crippen molar-refractivity contribution in [1.82, 2.24) is 24.6 Å². The molecule has 0 aliphatic heterocycles. The molecule has 3 aromatic heterocycles. The van der Waals surface area contributed by atoms with Gasteiger partial charge in [0, 0.05) is 36.2 Å². The van der Waals surface area contributed by atoms with E-state index < -0.39 is 0 Å². The van der Waals surface area contributed by atoms with Gasteiger partial charge in [0.2, 0.25) is 0 Å². The molecule has 1 atom stereocenters. The van der Waals surface area contributed by atoms with Crippen LogP contribution in [0, 0.1) is 13.8 Å². The SMILES string of the molecule is COc1cccc(CNC2CCc3c(sc4ncn(CCCn5nc(C)cc5C)c(=O)c34)C2)c1. The lowest BCUT2D eigenvalue weighted by atomic mass is 9.93. The van der Waals surface area contributed by atoms with Gasteiger partial charge >= 0.3 is 0 Å². The Morgan fingerprint density at radius 2 is 2.12 bits per heavy atom. The van der Waals surface area contributed by atoms with Crippen molar-refractivity contribution in [1.29, 1.82) is 0 Å². The fourth-order valence-corrected chi connectivity index (χ4v) is 6.13. The summed E-state index contributed by atoms with van der Waals surface area (Å²) in [5.41, 5.74) is 4.70. The zero-order valence-corrected chi connectivity index (χ0v) is 20.8. The topological polar surface area (TPSA) is 74.0 Å². The van der Waals surface area contributed by atoms with Crippen LogP contribution in [0.15, 0.2) is 41.5 Å². The lowest BCUT2D eigenvalue weighted by Crippen LogP contribution is -2.33. The molecule has 34 heavy (non-hydrogen) atoms. The Balaban J connectivity index is 1.26. The maximum absolute atomic E-state index is 13.3. The lowest BCUT2D eigenvalue weighted by molar-refractivity contribution is 0.413. The highest BCUT2D eigenvalue weighted by atomic mass is 32.1. The van der Waals surface area contributed by atoms with Crippen LogP contribution in [0.1, 0.15) is 40.2 Å². The highest BCUT2D eigenvalue weighted by Crippen LogP contribution is 2.33. The molecule has 7 nitrogen and oxygen atoms in total. The van der Waals surface area contributed by atoms with Gasteiger partial charge in [-0.05, 0) is 68.9 Å². The van der Waals surface area contributed by atoms with Gasteiger partial charge in [-0.1, -0.05) is 12.1 Å². The average Bonchev–Trinajstić information content (AvgIpc) is 3.37. The van der Waals surface area contributed by atoms with Crippen LogP contribution >= 0.6 is 11.3 Å². The standard InChI is InChI=1S/C26H31N5O2S/c1-17-12-18(2)31(29-17)11-5-10-30-16-28-25-24(26(30)32)22-9-8-20(14-23(22)34-25)27-15-19-6-4-7-21(13-19)33-3/h4,6-7,12-13,16,20,27H,5,8-11,14-15H2,1-3H3. The lowest BCUT2D eigenvalue weighted by Gasteiger charge is -2.23. The van der Waals surface area contributed by atoms with Crippen LogP contribution in [-0.4, -0.2) is 32.5 Å². The number of hydrogen-bond donors (Lipinski definition) is 1. The molecular formula is C26H31N5O2S. The molecular weight excluding hydrogens is 446 g/mol. The van der Waals surface area contributed by atoms with E-state index in [0.717, 1.165) is 66.1 Å². The van der Waals surface area contributed by atoms with E-state index in [2.05, 4.69) is 40.5 Å². The van der Waals surface area contributed by atoms with Crippen LogP contribution in [0.2, 0.25) is 0 Å². The van der Waals surface area contributed by atoms with Crippen LogP contribution in [0.3, 0.4) is 0 Å². The largest absolute Gasteiger partial charge is 0.497 e. The second-order valence-corrected chi connectivity index (χ2v) is 10.2. The van der Waals surface area contributed by atoms with E-state index in [9.17, 15) is 4.79 Å². The Labute approximate surface area is 203 Å². The first-order chi connectivity index (χ1) is 16.5. The number of thiophene rings is 1. The highest BCUT2D eigenvalue weighted by Gasteiger charge is 2.25. The highest BCUT2D eigenvalue weighted by molar-refractivity contribution is 7.18. The first-order valence-corrected chi connectivity index (χ1v) is 12.7. The van der Waals surface area contributed by atoms with Gasteiger partial charge in [-0.2, -0.15) is 5.10 Å². The number of aromatic nitrogens is 4. The zero-order valence-electron chi connectivity index (χ0n) is 20.0. The van der Waals surface area contributed by atoms with Gasteiger partial charge in [0.05, 0.1) is 24.5 Å². The minimum atomic E-state index is 0.0960. The van der Waals surface area contributed by atoms with Crippen molar-refractivity contribution in [2.45, 2.75) is 65.2 Å². The molecule has 1 aliphatic carbocycles. The zero-order chi connectivity index (χ0) is 23.7. The number of nitrogens with one attached hydrogen (secondary N) is 1. The fourth-order valence-electron chi connectivity index (χ4n) is 4.87. The summed E-state index contributed by atoms with van der Waals surface area (Å²) in [6.45, 7) is 6.32. The Morgan fingerprint density at radius 1 is 1.24 bits per heavy atom. The van der Waals surface area contributed by atoms with Gasteiger partial charge in [0.15, 0.2) is 0 Å². The van der Waals surface area contributed by atoms with Crippen LogP contribution in [0.25, 0.3) is 10.2 Å². The second kappa shape index (κ2) is 9.72. The third kappa shape index (κ3) is 4.65. The number of methoxy groups -OCH3 is 1. The van der Waals surface area contributed by atoms with Gasteiger partial charge in [0.25, 0.3) is 5.56 Å². The van der Waals surface area contributed by atoms with Gasteiger partial charge < -0.3 is 10.1 Å². The Kier molecular flexibility index (Phi) is 6.52. The Hall–Kier alpha value is -2.97. The molecule has 0 saturated heterocycles. The molecule has 0 saturated carbocycles. The molecule has 0 spiro atoms. The van der Waals surface area contributed by atoms with Crippen LogP contribution in [0.5, 0.6) is 5.75 Å². The van der Waals surface area contributed by atoms with Crippen LogP contribution in [0.4, 0.5) is 0 Å². The summed E-state index contributed by atoms with van der Waals surface area (Å²) in [4.78, 5) is 20.1. The third-order valence-corrected chi connectivity index (χ3v) is 7.80. The van der Waals surface area contributed by atoms with E-state index in [4.69, 9.17) is 4.74 Å². The molecule has 1 aliphatic rings. The maximum atomic E-state index is 13.3. The van der Waals surface area contributed by atoms with Crippen molar-refractivity contribution in [2.75, 3.05) is 7.11 Å². The van der Waals surface area contributed by atoms with Crippen molar-refractivity contribution in [2.24, 2.45) is 0 Å². The molecule has 178 valence electrons. The molecule has 1 aromatic carbocycles. The predicted molar refractivity (Wildman–Crippen MR) is 136 cm³/mol. The Morgan fingerprint density at radius 3 is 2.91 bits per heavy atom. The fraction of sp³-hybridized carbons (Fsp3) is 0.423. The quantitative estimate of drug-likeness (QED) is 0.415. The maximum Gasteiger partial charge on any atom is 0.262 e. The summed E-state index contributed by atoms with van der Waals surface area (Å²) in [7, 11) is 1.69. The van der Waals surface area contributed by atoms with Gasteiger partial charge in [0.1, 0.15) is 10.6 Å². The van der Waals surface area contributed by atoms with Crippen molar-refractivity contribution in [3.8, 4) is 5.75 Å². The van der Waals surface area contributed by atoms with E-state index in [-0.39, 0.29) is 5.56 Å². The normalized spacial score (nSPS) is 15.6. The van der Waals surface area contributed by atoms with Gasteiger partial charge in [-0.25, -0.2) is 4.98 Å². The number of benzene rings is 1. The van der Waals surface area contributed by atoms with Crippen LogP contribution in [-0.2, 0) is 32.5 Å². The summed E-state index contributed by atoms with van der Waals surface area (Å²) < 4.78 is 9.12. The average molecular weight is 478 g/mol. The smallest absolute Gasteiger partial charge is 0.262 e. The van der Waals surface area contributed by atoms with E-state index in [1.54, 1.807) is 29.3 Å². The first-order valence-electron chi connectivity index (χ1n) is 11.9. The number of aryl methyl sites for hydroxylation is 5. The summed E-state index contributed by atoms with van der Waals surface area (Å²) in [5, 5.41) is 9.04. The molecule has 0 radical (unpaired) electrons. The second-order valence-electron chi connectivity index (χ2n) is 9.10. The molecule has 8 heteroatoms. The molecule has 0 amide bonds. The molecule has 4 aromatic rings. The number of nitrogens with zero attached hydrogens (tertiary/aromatic N) is 4. The van der Waals surface area contributed by atoms with Crippen molar-refractivity contribution < 1.29 is 4.74 Å². The molecule has 0 fully saturated rings. The van der Waals surface area contributed by atoms with Gasteiger partial charge in [-0.15, -0.1) is 11.3 Å². The van der Waals surface area contributed by atoms with Crippen molar-refractivity contribution in [3.63, 3.8) is 0 Å². The number of hydrogen-bond acceptors (Lipinski definition) is 6. The van der Waals surface area contributed by atoms with E-state index in [1.807, 2.05) is 23.7 Å². The monoisotopic (exact) mass is 477 g/mol. The van der Waals surface area contributed by atoms with Crippen molar-refractivity contribution in [3.05, 3.63) is 74.4 Å². The summed E-state index contributed by atoms with van der Waals surface area (Å²) >= 11 is 1.68. The predicted octanol–water partition coefficient (Wildman–Crippen LogP) is 4.02. The van der Waals surface area contributed by atoms with E-state index in [1.165, 1.54) is 16.0 Å². The van der Waals surface area contributed by atoms with Crippen LogP contribution < -0.4 is 15.6 Å². The van der Waals surface area contributed by atoms with E-state index in [0.29, 0.717) is 12.6 Å². The minimum absolute atomic E-state index is 0.0960. The van der Waals surface area contributed by atoms with Gasteiger partial charge in [-0.3, -0.25) is 14.0 Å². The number of fused-ring (bicyclic) bond motifs is 3. The number of rotatable bonds is 8. The first kappa shape index (κ1) is 22.8. The summed E-state index contributed by atoms with van der Waals surface area (Å²) in [5.74, 6) is 0.881. The Bertz CT molecular complexity index is 1370. The molecule has 0 bridgehead atoms. The minimum Gasteiger partial charge on any atom is -0.497 e. The van der Waals surface area contributed by atoms with Crippen molar-refractivity contribution >= 4 is 21.6 Å². The molecule has 3 heterocycles. The molecule has 1 unspecified atom stereocenters. The summed E-state index contributed by atoms with van der Waals surface area (Å²) in [6.07, 6.45) is 5.44. The van der Waals surface area contributed by atoms with E-state index >= 15 is 0 Å². The third-order valence-electron chi connectivity index (χ3n) is 6.64. The summed E-state index contributed by atoms with van der Waals surface area (Å²) in [6, 6.07) is 10.7. The number of ether oxygens (including phenoxy) is 1. The molecule has 1 N–H and O–H groups in total.